The molecule has 1 amide bonds. The summed E-state index contributed by atoms with van der Waals surface area (Å²) in [6.07, 6.45) is -0.170. The van der Waals surface area contributed by atoms with E-state index in [1.807, 2.05) is 72.8 Å². The highest BCUT2D eigenvalue weighted by molar-refractivity contribution is 6.03. The number of hydrogen-bond donors (Lipinski definition) is 0. The first-order chi connectivity index (χ1) is 28.5. The highest BCUT2D eigenvalue weighted by Gasteiger charge is 2.48. The first kappa shape index (κ1) is 41.6. The van der Waals surface area contributed by atoms with E-state index in [-0.39, 0.29) is 25.5 Å². The molecule has 1 aliphatic rings. The Morgan fingerprint density at radius 2 is 1.29 bits per heavy atom. The van der Waals surface area contributed by atoms with Crippen molar-refractivity contribution in [3.05, 3.63) is 167 Å². The van der Waals surface area contributed by atoms with Crippen LogP contribution >= 0.6 is 0 Å². The van der Waals surface area contributed by atoms with Crippen molar-refractivity contribution in [3.8, 4) is 17.6 Å². The van der Waals surface area contributed by atoms with Gasteiger partial charge in [-0.25, -0.2) is 4.39 Å². The lowest BCUT2D eigenvalue weighted by Crippen LogP contribution is -2.55. The molecule has 1 saturated heterocycles. The SMILES string of the molecule is CC(=O)Oc1ccc(N2C(=O)[C@H](CC[C@H](OC(C)=O)c3ccc(F)cc3)[C@H]2c2ccc(C#CCC(C(=O)OCc3ccccc3)C(=O)OCc3ccccc3)cc2)cc1. The van der Waals surface area contributed by atoms with E-state index >= 15 is 0 Å². The monoisotopic (exact) mass is 795 g/mol. The molecular weight excluding hydrogens is 754 g/mol. The zero-order valence-corrected chi connectivity index (χ0v) is 32.5. The van der Waals surface area contributed by atoms with Crippen molar-refractivity contribution >= 4 is 35.5 Å². The maximum atomic E-state index is 13.8. The third-order valence-electron chi connectivity index (χ3n) is 9.69. The molecule has 0 aromatic heterocycles. The third kappa shape index (κ3) is 11.3. The molecule has 5 aromatic carbocycles. The second kappa shape index (κ2) is 19.9. The van der Waals surface area contributed by atoms with Crippen LogP contribution in [0.3, 0.4) is 0 Å². The lowest BCUT2D eigenvalue weighted by Gasteiger charge is -2.48. The van der Waals surface area contributed by atoms with Gasteiger partial charge in [-0.15, -0.1) is 0 Å². The molecule has 10 nitrogen and oxygen atoms in total. The van der Waals surface area contributed by atoms with Crippen LogP contribution in [-0.4, -0.2) is 29.8 Å². The van der Waals surface area contributed by atoms with Crippen molar-refractivity contribution in [2.45, 2.75) is 58.5 Å². The fourth-order valence-electron chi connectivity index (χ4n) is 6.78. The molecule has 300 valence electrons. The van der Waals surface area contributed by atoms with E-state index in [2.05, 4.69) is 11.8 Å². The molecule has 11 heteroatoms. The van der Waals surface area contributed by atoms with Crippen molar-refractivity contribution in [1.82, 2.24) is 0 Å². The Balaban J connectivity index is 1.20. The van der Waals surface area contributed by atoms with E-state index in [4.69, 9.17) is 18.9 Å². The summed E-state index contributed by atoms with van der Waals surface area (Å²) in [4.78, 5) is 65.4. The topological polar surface area (TPSA) is 126 Å². The van der Waals surface area contributed by atoms with Crippen LogP contribution in [0.1, 0.15) is 73.1 Å². The van der Waals surface area contributed by atoms with Crippen LogP contribution in [0.4, 0.5) is 10.1 Å². The average Bonchev–Trinajstić information content (AvgIpc) is 3.24. The van der Waals surface area contributed by atoms with Crippen molar-refractivity contribution in [1.29, 1.82) is 0 Å². The summed E-state index contributed by atoms with van der Waals surface area (Å²) >= 11 is 0. The van der Waals surface area contributed by atoms with Gasteiger partial charge in [0.1, 0.15) is 30.9 Å². The predicted octanol–water partition coefficient (Wildman–Crippen LogP) is 8.38. The number of nitrogens with zero attached hydrogens (tertiary/aromatic N) is 1. The average molecular weight is 796 g/mol. The number of rotatable bonds is 15. The summed E-state index contributed by atoms with van der Waals surface area (Å²) in [6.45, 7) is 2.59. The Kier molecular flexibility index (Phi) is 14.0. The Morgan fingerprint density at radius 1 is 0.712 bits per heavy atom. The van der Waals surface area contributed by atoms with Crippen LogP contribution < -0.4 is 9.64 Å². The molecule has 0 N–H and O–H groups in total. The summed E-state index contributed by atoms with van der Waals surface area (Å²) in [5, 5.41) is 0. The summed E-state index contributed by atoms with van der Waals surface area (Å²) in [5.41, 5.74) is 4.16. The van der Waals surface area contributed by atoms with E-state index in [0.29, 0.717) is 35.4 Å². The van der Waals surface area contributed by atoms with Gasteiger partial charge >= 0.3 is 23.9 Å². The molecule has 5 aromatic rings. The number of esters is 4. The molecule has 0 spiro atoms. The smallest absolute Gasteiger partial charge is 0.321 e. The van der Waals surface area contributed by atoms with E-state index < -0.39 is 53.7 Å². The van der Waals surface area contributed by atoms with Gasteiger partial charge in [0, 0.05) is 31.5 Å². The zero-order chi connectivity index (χ0) is 41.7. The van der Waals surface area contributed by atoms with E-state index in [9.17, 15) is 28.4 Å². The molecular formula is C48H42FNO9. The van der Waals surface area contributed by atoms with Gasteiger partial charge in [0.2, 0.25) is 5.91 Å². The number of benzene rings is 5. The minimum Gasteiger partial charge on any atom is -0.460 e. The minimum atomic E-state index is -1.28. The third-order valence-corrected chi connectivity index (χ3v) is 9.69. The second-order valence-corrected chi connectivity index (χ2v) is 13.9. The number of halogens is 1. The van der Waals surface area contributed by atoms with Crippen LogP contribution in [-0.2, 0) is 51.4 Å². The van der Waals surface area contributed by atoms with Gasteiger partial charge in [0.05, 0.1) is 12.0 Å². The van der Waals surface area contributed by atoms with Crippen molar-refractivity contribution in [2.24, 2.45) is 11.8 Å². The summed E-state index contributed by atoms with van der Waals surface area (Å²) in [7, 11) is 0. The molecule has 0 unspecified atom stereocenters. The Labute approximate surface area is 341 Å². The van der Waals surface area contributed by atoms with E-state index in [0.717, 1.165) is 16.7 Å². The number of carbonyl (C=O) groups excluding carboxylic acids is 5. The second-order valence-electron chi connectivity index (χ2n) is 13.9. The van der Waals surface area contributed by atoms with Gasteiger partial charge in [-0.3, -0.25) is 24.0 Å². The number of ether oxygens (including phenoxy) is 4. The Morgan fingerprint density at radius 3 is 1.83 bits per heavy atom. The number of amides is 1. The van der Waals surface area contributed by atoms with Crippen molar-refractivity contribution < 1.29 is 47.3 Å². The maximum Gasteiger partial charge on any atom is 0.321 e. The first-order valence-electron chi connectivity index (χ1n) is 19.1. The molecule has 0 bridgehead atoms. The maximum absolute atomic E-state index is 13.8. The quantitative estimate of drug-likeness (QED) is 0.0257. The van der Waals surface area contributed by atoms with Gasteiger partial charge in [-0.05, 0) is 83.6 Å². The molecule has 0 radical (unpaired) electrons. The summed E-state index contributed by atoms with van der Waals surface area (Å²) in [5.74, 6) is 1.54. The Bertz CT molecular complexity index is 2250. The molecule has 0 aliphatic carbocycles. The highest BCUT2D eigenvalue weighted by atomic mass is 19.1. The highest BCUT2D eigenvalue weighted by Crippen LogP contribution is 2.47. The molecule has 3 atom stereocenters. The van der Waals surface area contributed by atoms with E-state index in [1.165, 1.54) is 26.0 Å². The van der Waals surface area contributed by atoms with Crippen molar-refractivity contribution in [3.63, 3.8) is 0 Å². The molecule has 0 saturated carbocycles. The summed E-state index contributed by atoms with van der Waals surface area (Å²) in [6, 6.07) is 37.5. The molecule has 1 fully saturated rings. The fraction of sp³-hybridized carbons (Fsp3) is 0.229. The molecule has 59 heavy (non-hydrogen) atoms. The summed E-state index contributed by atoms with van der Waals surface area (Å²) < 4.78 is 35.5. The minimum absolute atomic E-state index is 0.00824. The van der Waals surface area contributed by atoms with Gasteiger partial charge in [-0.1, -0.05) is 96.8 Å². The first-order valence-corrected chi connectivity index (χ1v) is 19.1. The lowest BCUT2D eigenvalue weighted by atomic mass is 9.78. The van der Waals surface area contributed by atoms with Gasteiger partial charge in [0.25, 0.3) is 0 Å². The predicted molar refractivity (Wildman–Crippen MR) is 216 cm³/mol. The lowest BCUT2D eigenvalue weighted by molar-refractivity contribution is -0.163. The van der Waals surface area contributed by atoms with Crippen LogP contribution in [0.15, 0.2) is 133 Å². The fourth-order valence-corrected chi connectivity index (χ4v) is 6.78. The van der Waals surface area contributed by atoms with E-state index in [1.54, 1.807) is 53.4 Å². The largest absolute Gasteiger partial charge is 0.460 e. The number of carbonyl (C=O) groups is 5. The van der Waals surface area contributed by atoms with Crippen LogP contribution in [0.5, 0.6) is 5.75 Å². The Hall–Kier alpha value is -7.06. The number of hydrogen-bond acceptors (Lipinski definition) is 9. The van der Waals surface area contributed by atoms with Crippen molar-refractivity contribution in [2.75, 3.05) is 4.90 Å². The van der Waals surface area contributed by atoms with Gasteiger partial charge in [0.15, 0.2) is 5.92 Å². The molecule has 1 heterocycles. The standard InChI is InChI=1S/C48H42FNO9/c1-32(51)58-41-26-24-40(25-27-41)50-45(42(46(50)53)28-29-44(59-33(2)52)37-20-22-39(49)23-21-37)38-18-16-34(17-19-38)14-9-15-43(47(54)56-30-35-10-5-3-6-11-35)48(55)57-31-36-12-7-4-8-13-36/h3-8,10-13,16-27,42-45H,15,28-31H2,1-2H3/t42-,44+,45-/m1/s1. The zero-order valence-electron chi connectivity index (χ0n) is 32.5. The van der Waals surface area contributed by atoms with Crippen LogP contribution in [0.2, 0.25) is 0 Å². The normalized spacial score (nSPS) is 14.9. The number of anilines is 1. The van der Waals surface area contributed by atoms with Gasteiger partial charge in [-0.2, -0.15) is 0 Å². The number of β-lactam (4-membered cyclic amide) rings is 1. The molecule has 1 aliphatic heterocycles. The van der Waals surface area contributed by atoms with Gasteiger partial charge < -0.3 is 23.8 Å². The van der Waals surface area contributed by atoms with Crippen LogP contribution in [0.25, 0.3) is 0 Å². The van der Waals surface area contributed by atoms with Crippen LogP contribution in [0, 0.1) is 29.5 Å². The molecule has 6 rings (SSSR count).